The predicted octanol–water partition coefficient (Wildman–Crippen LogP) is 3.44. The molecule has 1 atom stereocenters. The Kier molecular flexibility index (Phi) is 5.45. The average Bonchev–Trinajstić information content (AvgIpc) is 3.31. The molecule has 0 aliphatic carbocycles. The van der Waals surface area contributed by atoms with E-state index >= 15 is 0 Å². The first kappa shape index (κ1) is 17.2. The highest BCUT2D eigenvalue weighted by Crippen LogP contribution is 2.21. The van der Waals surface area contributed by atoms with Crippen LogP contribution in [0.25, 0.3) is 10.7 Å². The third-order valence-electron chi connectivity index (χ3n) is 3.65. The second kappa shape index (κ2) is 7.94. The second-order valence-electron chi connectivity index (χ2n) is 5.43. The first-order valence-corrected chi connectivity index (χ1v) is 8.94. The summed E-state index contributed by atoms with van der Waals surface area (Å²) in [4.78, 5) is 17.4. The van der Waals surface area contributed by atoms with Gasteiger partial charge in [0.1, 0.15) is 5.75 Å². The number of ether oxygens (including phenoxy) is 1. The van der Waals surface area contributed by atoms with Gasteiger partial charge in [-0.25, -0.2) is 0 Å². The normalized spacial score (nSPS) is 11.9. The number of aryl methyl sites for hydroxylation is 1. The predicted molar refractivity (Wildman–Crippen MR) is 95.4 cm³/mol. The zero-order valence-electron chi connectivity index (χ0n) is 14.1. The van der Waals surface area contributed by atoms with Crippen LogP contribution >= 0.6 is 11.3 Å². The Hall–Kier alpha value is -2.67. The van der Waals surface area contributed by atoms with Gasteiger partial charge in [-0.15, -0.1) is 11.3 Å². The molecule has 2 heterocycles. The van der Waals surface area contributed by atoms with E-state index in [4.69, 9.17) is 9.26 Å². The number of rotatable bonds is 7. The summed E-state index contributed by atoms with van der Waals surface area (Å²) in [5.74, 6) is 1.38. The molecule has 0 spiro atoms. The van der Waals surface area contributed by atoms with Crippen LogP contribution in [0.15, 0.2) is 46.3 Å². The van der Waals surface area contributed by atoms with E-state index < -0.39 is 6.10 Å². The number of para-hydroxylation sites is 1. The minimum atomic E-state index is -0.618. The summed E-state index contributed by atoms with van der Waals surface area (Å²) in [5.41, 5.74) is 1.07. The Morgan fingerprint density at radius 3 is 2.92 bits per heavy atom. The molecule has 0 radical (unpaired) electrons. The molecule has 0 fully saturated rings. The Labute approximate surface area is 149 Å². The molecule has 0 saturated heterocycles. The van der Waals surface area contributed by atoms with Crippen molar-refractivity contribution >= 4 is 17.2 Å². The molecule has 0 unspecified atom stereocenters. The van der Waals surface area contributed by atoms with Crippen LogP contribution in [-0.4, -0.2) is 22.2 Å². The number of thiophene rings is 1. The minimum absolute atomic E-state index is 0.167. The van der Waals surface area contributed by atoms with Gasteiger partial charge in [-0.05, 0) is 36.4 Å². The summed E-state index contributed by atoms with van der Waals surface area (Å²) in [6.07, 6.45) is 0.227. The molecular formula is C18H19N3O3S. The van der Waals surface area contributed by atoms with Crippen LogP contribution in [0.4, 0.5) is 0 Å². The van der Waals surface area contributed by atoms with E-state index in [9.17, 15) is 4.79 Å². The number of nitrogens with zero attached hydrogens (tertiary/aromatic N) is 2. The molecule has 3 aromatic rings. The quantitative estimate of drug-likeness (QED) is 0.701. The highest BCUT2D eigenvalue weighted by Gasteiger charge is 2.17. The summed E-state index contributed by atoms with van der Waals surface area (Å²) in [6.45, 7) is 3.93. The average molecular weight is 357 g/mol. The van der Waals surface area contributed by atoms with Gasteiger partial charge in [0.2, 0.25) is 11.7 Å². The van der Waals surface area contributed by atoms with E-state index in [0.29, 0.717) is 11.7 Å². The molecule has 2 aromatic heterocycles. The fourth-order valence-corrected chi connectivity index (χ4v) is 2.94. The van der Waals surface area contributed by atoms with Gasteiger partial charge >= 0.3 is 0 Å². The molecular weight excluding hydrogens is 338 g/mol. The van der Waals surface area contributed by atoms with Crippen molar-refractivity contribution in [3.63, 3.8) is 0 Å². The molecule has 3 rings (SSSR count). The number of nitrogens with one attached hydrogen (secondary N) is 1. The Bertz CT molecular complexity index is 830. The van der Waals surface area contributed by atoms with Gasteiger partial charge in [0.25, 0.3) is 5.91 Å². The number of carbonyl (C=O) groups is 1. The molecule has 6 nitrogen and oxygen atoms in total. The highest BCUT2D eigenvalue weighted by atomic mass is 32.1. The van der Waals surface area contributed by atoms with Crippen LogP contribution in [0.2, 0.25) is 0 Å². The maximum Gasteiger partial charge on any atom is 0.261 e. The Morgan fingerprint density at radius 1 is 1.32 bits per heavy atom. The van der Waals surface area contributed by atoms with Crippen LogP contribution in [0.3, 0.4) is 0 Å². The lowest BCUT2D eigenvalue weighted by Gasteiger charge is -2.16. The van der Waals surface area contributed by atoms with Crippen LogP contribution < -0.4 is 10.1 Å². The number of hydrogen-bond acceptors (Lipinski definition) is 6. The van der Waals surface area contributed by atoms with Gasteiger partial charge in [0.05, 0.1) is 11.4 Å². The second-order valence-corrected chi connectivity index (χ2v) is 6.38. The van der Waals surface area contributed by atoms with E-state index in [1.165, 1.54) is 11.3 Å². The van der Waals surface area contributed by atoms with Gasteiger partial charge in [-0.3, -0.25) is 4.79 Å². The fraction of sp³-hybridized carbons (Fsp3) is 0.278. The molecule has 25 heavy (non-hydrogen) atoms. The molecule has 0 saturated carbocycles. The van der Waals surface area contributed by atoms with Crippen molar-refractivity contribution in [1.82, 2.24) is 15.5 Å². The topological polar surface area (TPSA) is 77.2 Å². The lowest BCUT2D eigenvalue weighted by atomic mass is 10.1. The summed E-state index contributed by atoms with van der Waals surface area (Å²) >= 11 is 1.53. The van der Waals surface area contributed by atoms with E-state index in [1.54, 1.807) is 6.92 Å². The van der Waals surface area contributed by atoms with Crippen LogP contribution in [0, 0.1) is 0 Å². The van der Waals surface area contributed by atoms with Crippen molar-refractivity contribution in [1.29, 1.82) is 0 Å². The Balaban J connectivity index is 1.55. The van der Waals surface area contributed by atoms with Crippen LogP contribution in [0.5, 0.6) is 5.75 Å². The maximum absolute atomic E-state index is 12.2. The number of aromatic nitrogens is 2. The van der Waals surface area contributed by atoms with E-state index in [-0.39, 0.29) is 12.5 Å². The summed E-state index contributed by atoms with van der Waals surface area (Å²) < 4.78 is 10.9. The van der Waals surface area contributed by atoms with Gasteiger partial charge in [0, 0.05) is 0 Å². The zero-order valence-corrected chi connectivity index (χ0v) is 14.9. The molecule has 1 amide bonds. The van der Waals surface area contributed by atoms with Crippen LogP contribution in [-0.2, 0) is 17.8 Å². The largest absolute Gasteiger partial charge is 0.481 e. The first-order valence-electron chi connectivity index (χ1n) is 8.06. The maximum atomic E-state index is 12.2. The smallest absolute Gasteiger partial charge is 0.261 e. The summed E-state index contributed by atoms with van der Waals surface area (Å²) in [7, 11) is 0. The van der Waals surface area contributed by atoms with Crippen LogP contribution in [0.1, 0.15) is 25.3 Å². The van der Waals surface area contributed by atoms with Gasteiger partial charge < -0.3 is 14.6 Å². The lowest BCUT2D eigenvalue weighted by molar-refractivity contribution is -0.127. The third-order valence-corrected chi connectivity index (χ3v) is 4.52. The zero-order chi connectivity index (χ0) is 17.6. The molecule has 1 aromatic carbocycles. The lowest BCUT2D eigenvalue weighted by Crippen LogP contribution is -2.36. The monoisotopic (exact) mass is 357 g/mol. The summed E-state index contributed by atoms with van der Waals surface area (Å²) in [6, 6.07) is 11.5. The molecule has 130 valence electrons. The number of amides is 1. The van der Waals surface area contributed by atoms with Gasteiger partial charge in [-0.1, -0.05) is 36.3 Å². The Morgan fingerprint density at radius 2 is 2.16 bits per heavy atom. The van der Waals surface area contributed by atoms with E-state index in [0.717, 1.165) is 22.6 Å². The van der Waals surface area contributed by atoms with Crippen molar-refractivity contribution < 1.29 is 14.1 Å². The minimum Gasteiger partial charge on any atom is -0.481 e. The third kappa shape index (κ3) is 4.24. The molecule has 0 aliphatic rings. The van der Waals surface area contributed by atoms with Gasteiger partial charge in [-0.2, -0.15) is 4.98 Å². The van der Waals surface area contributed by atoms with Crippen molar-refractivity contribution in [3.05, 3.63) is 53.2 Å². The van der Waals surface area contributed by atoms with E-state index in [2.05, 4.69) is 15.5 Å². The number of carbonyl (C=O) groups excluding carboxylic acids is 1. The standard InChI is InChI=1S/C18H19N3O3S/c1-3-13-7-4-5-8-14(13)23-12(2)18(22)19-11-16-20-17(21-24-16)15-9-6-10-25-15/h4-10,12H,3,11H2,1-2H3,(H,19,22)/t12-/m1/s1. The molecule has 7 heteroatoms. The molecule has 0 aliphatic heterocycles. The number of benzene rings is 1. The van der Waals surface area contributed by atoms with Crippen molar-refractivity contribution in [3.8, 4) is 16.5 Å². The fourth-order valence-electron chi connectivity index (χ4n) is 2.29. The van der Waals surface area contributed by atoms with Gasteiger partial charge in [0.15, 0.2) is 6.10 Å². The van der Waals surface area contributed by atoms with Crippen molar-refractivity contribution in [2.75, 3.05) is 0 Å². The number of hydrogen-bond donors (Lipinski definition) is 1. The van der Waals surface area contributed by atoms with Crippen molar-refractivity contribution in [2.45, 2.75) is 32.9 Å². The molecule has 1 N–H and O–H groups in total. The molecule has 0 bridgehead atoms. The van der Waals surface area contributed by atoms with Crippen molar-refractivity contribution in [2.24, 2.45) is 0 Å². The SMILES string of the molecule is CCc1ccccc1O[C@H](C)C(=O)NCc1nc(-c2cccs2)no1. The first-order chi connectivity index (χ1) is 12.2. The highest BCUT2D eigenvalue weighted by molar-refractivity contribution is 7.13. The summed E-state index contributed by atoms with van der Waals surface area (Å²) in [5, 5.41) is 8.62. The van der Waals surface area contributed by atoms with E-state index in [1.807, 2.05) is 48.7 Å².